The molecule has 1 aliphatic rings. The molecule has 0 amide bonds. The largest absolute Gasteiger partial charge is 0.391 e. The minimum atomic E-state index is -4.08. The van der Waals surface area contributed by atoms with Gasteiger partial charge in [-0.3, -0.25) is 0 Å². The van der Waals surface area contributed by atoms with Gasteiger partial charge in [0.1, 0.15) is 0 Å². The topological polar surface area (TPSA) is 26.0 Å². The number of hydrogen-bond acceptors (Lipinski definition) is 1. The van der Waals surface area contributed by atoms with Gasteiger partial charge in [-0.05, 0) is 55.7 Å². The first-order valence-corrected chi connectivity index (χ1v) is 7.79. The smallest absolute Gasteiger partial charge is 0.327 e. The van der Waals surface area contributed by atoms with Crippen LogP contribution in [0.5, 0.6) is 0 Å². The van der Waals surface area contributed by atoms with Crippen molar-refractivity contribution in [3.05, 3.63) is 33.8 Å². The van der Waals surface area contributed by atoms with Gasteiger partial charge < -0.3 is 5.73 Å². The first kappa shape index (κ1) is 16.9. The van der Waals surface area contributed by atoms with Gasteiger partial charge in [0.2, 0.25) is 0 Å². The number of alkyl halides is 3. The highest BCUT2D eigenvalue weighted by Crippen LogP contribution is 2.40. The second kappa shape index (κ2) is 6.76. The van der Waals surface area contributed by atoms with Crippen LogP contribution >= 0.6 is 23.2 Å². The SMILES string of the molecule is NC(Cc1c(Cl)cccc1Cl)C1CCC(C(F)(F)F)CC1. The lowest BCUT2D eigenvalue weighted by Crippen LogP contribution is -2.37. The molecule has 2 N–H and O–H groups in total. The maximum Gasteiger partial charge on any atom is 0.391 e. The Balaban J connectivity index is 1.95. The molecule has 0 heterocycles. The highest BCUT2D eigenvalue weighted by molar-refractivity contribution is 6.36. The highest BCUT2D eigenvalue weighted by Gasteiger charge is 2.42. The summed E-state index contributed by atoms with van der Waals surface area (Å²) in [5, 5.41) is 1.11. The van der Waals surface area contributed by atoms with Gasteiger partial charge in [-0.25, -0.2) is 0 Å². The minimum absolute atomic E-state index is 0.0935. The molecule has 2 rings (SSSR count). The lowest BCUT2D eigenvalue weighted by atomic mass is 9.77. The summed E-state index contributed by atoms with van der Waals surface area (Å²) in [6.45, 7) is 0. The average molecular weight is 340 g/mol. The Morgan fingerprint density at radius 3 is 2.10 bits per heavy atom. The maximum atomic E-state index is 12.7. The van der Waals surface area contributed by atoms with Crippen molar-refractivity contribution in [2.45, 2.75) is 44.3 Å². The van der Waals surface area contributed by atoms with E-state index >= 15 is 0 Å². The zero-order valence-electron chi connectivity index (χ0n) is 11.5. The molecule has 0 spiro atoms. The third-order valence-electron chi connectivity index (χ3n) is 4.34. The minimum Gasteiger partial charge on any atom is -0.327 e. The Kier molecular flexibility index (Phi) is 5.44. The number of benzene rings is 1. The van der Waals surface area contributed by atoms with E-state index in [0.717, 1.165) is 5.56 Å². The second-order valence-corrected chi connectivity index (χ2v) is 6.54. The first-order chi connectivity index (χ1) is 9.79. The molecule has 1 saturated carbocycles. The number of hydrogen-bond donors (Lipinski definition) is 1. The van der Waals surface area contributed by atoms with Gasteiger partial charge in [0.05, 0.1) is 5.92 Å². The van der Waals surface area contributed by atoms with Crippen LogP contribution in [0.4, 0.5) is 13.2 Å². The third kappa shape index (κ3) is 4.27. The second-order valence-electron chi connectivity index (χ2n) is 5.72. The molecular weight excluding hydrogens is 322 g/mol. The Morgan fingerprint density at radius 2 is 1.62 bits per heavy atom. The molecule has 21 heavy (non-hydrogen) atoms. The van der Waals surface area contributed by atoms with E-state index in [4.69, 9.17) is 28.9 Å². The molecule has 0 aromatic heterocycles. The number of rotatable bonds is 3. The van der Waals surface area contributed by atoms with Crippen molar-refractivity contribution in [1.82, 2.24) is 0 Å². The summed E-state index contributed by atoms with van der Waals surface area (Å²) in [4.78, 5) is 0. The monoisotopic (exact) mass is 339 g/mol. The Morgan fingerprint density at radius 1 is 1.10 bits per heavy atom. The lowest BCUT2D eigenvalue weighted by Gasteiger charge is -2.33. The van der Waals surface area contributed by atoms with E-state index in [1.165, 1.54) is 0 Å². The van der Waals surface area contributed by atoms with Crippen LogP contribution < -0.4 is 5.73 Å². The van der Waals surface area contributed by atoms with E-state index in [1.54, 1.807) is 18.2 Å². The van der Waals surface area contributed by atoms with Crippen molar-refractivity contribution in [2.75, 3.05) is 0 Å². The van der Waals surface area contributed by atoms with Crippen molar-refractivity contribution in [2.24, 2.45) is 17.6 Å². The molecule has 1 nitrogen and oxygen atoms in total. The molecule has 1 aliphatic carbocycles. The van der Waals surface area contributed by atoms with Crippen LogP contribution in [0.2, 0.25) is 10.0 Å². The lowest BCUT2D eigenvalue weighted by molar-refractivity contribution is -0.184. The summed E-state index contributed by atoms with van der Waals surface area (Å²) in [5.74, 6) is -1.08. The van der Waals surface area contributed by atoms with Gasteiger partial charge in [-0.15, -0.1) is 0 Å². The fraction of sp³-hybridized carbons (Fsp3) is 0.600. The fourth-order valence-corrected chi connectivity index (χ4v) is 3.56. The fourth-order valence-electron chi connectivity index (χ4n) is 3.00. The summed E-state index contributed by atoms with van der Waals surface area (Å²) < 4.78 is 38.0. The molecule has 6 heteroatoms. The quantitative estimate of drug-likeness (QED) is 0.801. The van der Waals surface area contributed by atoms with E-state index in [-0.39, 0.29) is 24.8 Å². The molecule has 0 saturated heterocycles. The molecule has 0 bridgehead atoms. The van der Waals surface area contributed by atoms with E-state index in [2.05, 4.69) is 0 Å². The molecule has 0 aliphatic heterocycles. The van der Waals surface area contributed by atoms with E-state index < -0.39 is 12.1 Å². The zero-order valence-corrected chi connectivity index (χ0v) is 13.0. The van der Waals surface area contributed by atoms with Crippen LogP contribution in [0.3, 0.4) is 0 Å². The Bertz CT molecular complexity index is 462. The first-order valence-electron chi connectivity index (χ1n) is 7.04. The van der Waals surface area contributed by atoms with Gasteiger partial charge in [-0.2, -0.15) is 13.2 Å². The predicted octanol–water partition coefficient (Wildman–Crippen LogP) is 5.23. The van der Waals surface area contributed by atoms with E-state index in [0.29, 0.717) is 29.3 Å². The zero-order chi connectivity index (χ0) is 15.6. The van der Waals surface area contributed by atoms with Gasteiger partial charge in [-0.1, -0.05) is 29.3 Å². The van der Waals surface area contributed by atoms with Crippen molar-refractivity contribution < 1.29 is 13.2 Å². The third-order valence-corrected chi connectivity index (χ3v) is 5.05. The van der Waals surface area contributed by atoms with Crippen LogP contribution in [-0.4, -0.2) is 12.2 Å². The molecule has 1 fully saturated rings. The molecular formula is C15H18Cl2F3N. The highest BCUT2D eigenvalue weighted by atomic mass is 35.5. The summed E-state index contributed by atoms with van der Waals surface area (Å²) in [6.07, 6.45) is -2.24. The van der Waals surface area contributed by atoms with Crippen LogP contribution in [0, 0.1) is 11.8 Å². The number of halogens is 5. The Labute approximate surface area is 132 Å². The number of nitrogens with two attached hydrogens (primary N) is 1. The van der Waals surface area contributed by atoms with E-state index in [9.17, 15) is 13.2 Å². The molecule has 1 unspecified atom stereocenters. The van der Waals surface area contributed by atoms with Crippen molar-refractivity contribution >= 4 is 23.2 Å². The van der Waals surface area contributed by atoms with Crippen LogP contribution in [0.15, 0.2) is 18.2 Å². The molecule has 1 aromatic carbocycles. The molecule has 1 aromatic rings. The summed E-state index contributed by atoms with van der Waals surface area (Å²) in [5.41, 5.74) is 6.96. The summed E-state index contributed by atoms with van der Waals surface area (Å²) in [7, 11) is 0. The van der Waals surface area contributed by atoms with Gasteiger partial charge in [0, 0.05) is 16.1 Å². The molecule has 118 valence electrons. The molecule has 0 radical (unpaired) electrons. The predicted molar refractivity (Wildman–Crippen MR) is 79.6 cm³/mol. The molecule has 1 atom stereocenters. The van der Waals surface area contributed by atoms with Crippen molar-refractivity contribution in [1.29, 1.82) is 0 Å². The summed E-state index contributed by atoms with van der Waals surface area (Å²) >= 11 is 12.2. The van der Waals surface area contributed by atoms with Crippen molar-refractivity contribution in [3.8, 4) is 0 Å². The van der Waals surface area contributed by atoms with Gasteiger partial charge >= 0.3 is 6.18 Å². The van der Waals surface area contributed by atoms with Gasteiger partial charge in [0.15, 0.2) is 0 Å². The van der Waals surface area contributed by atoms with E-state index in [1.807, 2.05) is 0 Å². The van der Waals surface area contributed by atoms with Crippen molar-refractivity contribution in [3.63, 3.8) is 0 Å². The maximum absolute atomic E-state index is 12.7. The summed E-state index contributed by atoms with van der Waals surface area (Å²) in [6, 6.07) is 5.04. The normalized spacial score (nSPS) is 24.9. The van der Waals surface area contributed by atoms with Crippen LogP contribution in [0.25, 0.3) is 0 Å². The van der Waals surface area contributed by atoms with Gasteiger partial charge in [0.25, 0.3) is 0 Å². The average Bonchev–Trinajstić information content (AvgIpc) is 2.42. The Hall–Kier alpha value is -0.450. The standard InChI is InChI=1S/C15H18Cl2F3N/c16-12-2-1-3-13(17)11(12)8-14(21)9-4-6-10(7-5-9)15(18,19)20/h1-3,9-10,14H,4-8,21H2. The van der Waals surface area contributed by atoms with Crippen LogP contribution in [-0.2, 0) is 6.42 Å². The van der Waals surface area contributed by atoms with Crippen LogP contribution in [0.1, 0.15) is 31.2 Å².